The Balaban J connectivity index is 1.97. The number of benzene rings is 1. The van der Waals surface area contributed by atoms with Gasteiger partial charge in [-0.05, 0) is 18.5 Å². The quantitative estimate of drug-likeness (QED) is 0.863. The van der Waals surface area contributed by atoms with Crippen LogP contribution >= 0.6 is 0 Å². The van der Waals surface area contributed by atoms with Crippen LogP contribution in [0.1, 0.15) is 24.9 Å². The van der Waals surface area contributed by atoms with E-state index in [4.69, 9.17) is 4.74 Å². The molecule has 2 rings (SSSR count). The molecule has 1 N–H and O–H groups in total. The molecule has 100 valence electrons. The molecule has 18 heavy (non-hydrogen) atoms. The molecule has 1 fully saturated rings. The second-order valence-corrected chi connectivity index (χ2v) is 4.79. The summed E-state index contributed by atoms with van der Waals surface area (Å²) >= 11 is 0. The summed E-state index contributed by atoms with van der Waals surface area (Å²) in [5.41, 5.74) is 1.38. The number of hydrogen-bond acceptors (Lipinski definition) is 3. The van der Waals surface area contributed by atoms with Crippen molar-refractivity contribution in [1.82, 2.24) is 10.2 Å². The van der Waals surface area contributed by atoms with Gasteiger partial charge in [0.25, 0.3) is 0 Å². The maximum absolute atomic E-state index is 5.51. The van der Waals surface area contributed by atoms with E-state index in [1.807, 2.05) is 0 Å². The van der Waals surface area contributed by atoms with Crippen LogP contribution in [0.2, 0.25) is 0 Å². The zero-order valence-corrected chi connectivity index (χ0v) is 11.3. The molecule has 1 unspecified atom stereocenters. The number of hydrogen-bond donors (Lipinski definition) is 1. The summed E-state index contributed by atoms with van der Waals surface area (Å²) < 4.78 is 5.51. The number of nitrogens with one attached hydrogen (secondary N) is 1. The summed E-state index contributed by atoms with van der Waals surface area (Å²) in [6, 6.07) is 11.2. The molecule has 3 nitrogen and oxygen atoms in total. The fourth-order valence-electron chi connectivity index (χ4n) is 2.46. The molecule has 0 amide bonds. The average molecular weight is 248 g/mol. The molecule has 1 aromatic carbocycles. The predicted molar refractivity (Wildman–Crippen MR) is 74.7 cm³/mol. The number of nitrogens with zero attached hydrogens (tertiary/aromatic N) is 1. The lowest BCUT2D eigenvalue weighted by atomic mass is 10.1. The van der Waals surface area contributed by atoms with Crippen LogP contribution in [-0.4, -0.2) is 44.3 Å². The Morgan fingerprint density at radius 1 is 1.22 bits per heavy atom. The van der Waals surface area contributed by atoms with Gasteiger partial charge in [-0.15, -0.1) is 0 Å². The zero-order chi connectivity index (χ0) is 12.6. The summed E-state index contributed by atoms with van der Waals surface area (Å²) in [4.78, 5) is 2.51. The molecule has 0 saturated carbocycles. The fraction of sp³-hybridized carbons (Fsp3) is 0.600. The predicted octanol–water partition coefficient (Wildman–Crippen LogP) is 2.06. The maximum atomic E-state index is 5.51. The Labute approximate surface area is 110 Å². The number of rotatable bonds is 5. The van der Waals surface area contributed by atoms with Crippen molar-refractivity contribution in [2.75, 3.05) is 39.4 Å². The molecule has 1 heterocycles. The van der Waals surface area contributed by atoms with E-state index in [1.165, 1.54) is 5.56 Å². The van der Waals surface area contributed by atoms with Gasteiger partial charge in [-0.2, -0.15) is 0 Å². The first kappa shape index (κ1) is 13.5. The highest BCUT2D eigenvalue weighted by atomic mass is 16.5. The molecule has 0 aliphatic carbocycles. The Morgan fingerprint density at radius 2 is 2.06 bits per heavy atom. The maximum Gasteiger partial charge on any atom is 0.0593 e. The van der Waals surface area contributed by atoms with E-state index < -0.39 is 0 Å². The molecular formula is C15H24N2O. The van der Waals surface area contributed by atoms with Crippen LogP contribution in [0.5, 0.6) is 0 Å². The number of likely N-dealkylation sites (N-methyl/N-ethyl adjacent to an activating group) is 1. The van der Waals surface area contributed by atoms with Gasteiger partial charge in [0.15, 0.2) is 0 Å². The zero-order valence-electron chi connectivity index (χ0n) is 11.3. The van der Waals surface area contributed by atoms with Crippen molar-refractivity contribution in [3.8, 4) is 0 Å². The molecule has 1 aromatic rings. The van der Waals surface area contributed by atoms with Crippen molar-refractivity contribution in [2.45, 2.75) is 19.4 Å². The van der Waals surface area contributed by atoms with Gasteiger partial charge in [0, 0.05) is 32.3 Å². The molecule has 0 spiro atoms. The number of ether oxygens (including phenoxy) is 1. The van der Waals surface area contributed by atoms with Crippen LogP contribution < -0.4 is 5.32 Å². The molecule has 1 atom stereocenters. The Morgan fingerprint density at radius 3 is 2.83 bits per heavy atom. The third kappa shape index (κ3) is 4.09. The molecule has 0 bridgehead atoms. The van der Waals surface area contributed by atoms with E-state index >= 15 is 0 Å². The van der Waals surface area contributed by atoms with Gasteiger partial charge in [-0.1, -0.05) is 37.3 Å². The summed E-state index contributed by atoms with van der Waals surface area (Å²) in [6.45, 7) is 8.22. The highest BCUT2D eigenvalue weighted by Gasteiger charge is 2.16. The smallest absolute Gasteiger partial charge is 0.0593 e. The topological polar surface area (TPSA) is 24.5 Å². The first-order valence-corrected chi connectivity index (χ1v) is 6.98. The van der Waals surface area contributed by atoms with E-state index in [-0.39, 0.29) is 0 Å². The molecule has 3 heteroatoms. The standard InChI is InChI=1S/C15H24N2O/c1-2-16-15(14-7-4-3-5-8-14)13-17-9-6-11-18-12-10-17/h3-5,7-8,15-16H,2,6,9-13H2,1H3. The largest absolute Gasteiger partial charge is 0.380 e. The first-order valence-electron chi connectivity index (χ1n) is 6.98. The van der Waals surface area contributed by atoms with Crippen molar-refractivity contribution < 1.29 is 4.74 Å². The van der Waals surface area contributed by atoms with Gasteiger partial charge < -0.3 is 10.1 Å². The summed E-state index contributed by atoms with van der Waals surface area (Å²) in [6.07, 6.45) is 1.15. The molecule has 0 aromatic heterocycles. The second kappa shape index (κ2) is 7.52. The van der Waals surface area contributed by atoms with E-state index in [1.54, 1.807) is 0 Å². The minimum absolute atomic E-state index is 0.425. The Bertz CT molecular complexity index is 321. The summed E-state index contributed by atoms with van der Waals surface area (Å²) in [5, 5.41) is 3.58. The van der Waals surface area contributed by atoms with E-state index in [0.717, 1.165) is 45.8 Å². The lowest BCUT2D eigenvalue weighted by molar-refractivity contribution is 0.139. The fourth-order valence-corrected chi connectivity index (χ4v) is 2.46. The molecular weight excluding hydrogens is 224 g/mol. The van der Waals surface area contributed by atoms with Crippen molar-refractivity contribution in [2.24, 2.45) is 0 Å². The lowest BCUT2D eigenvalue weighted by Gasteiger charge is -2.26. The molecule has 1 saturated heterocycles. The second-order valence-electron chi connectivity index (χ2n) is 4.79. The van der Waals surface area contributed by atoms with Gasteiger partial charge in [0.05, 0.1) is 6.61 Å². The van der Waals surface area contributed by atoms with Crippen LogP contribution in [0.15, 0.2) is 30.3 Å². The summed E-state index contributed by atoms with van der Waals surface area (Å²) in [7, 11) is 0. The molecule has 0 radical (unpaired) electrons. The van der Waals surface area contributed by atoms with Gasteiger partial charge >= 0.3 is 0 Å². The Hall–Kier alpha value is -0.900. The van der Waals surface area contributed by atoms with Crippen LogP contribution in [0.25, 0.3) is 0 Å². The van der Waals surface area contributed by atoms with Crippen LogP contribution in [-0.2, 0) is 4.74 Å². The van der Waals surface area contributed by atoms with E-state index in [9.17, 15) is 0 Å². The normalized spacial score (nSPS) is 19.4. The van der Waals surface area contributed by atoms with Gasteiger partial charge in [-0.25, -0.2) is 0 Å². The average Bonchev–Trinajstić information content (AvgIpc) is 2.68. The van der Waals surface area contributed by atoms with Crippen molar-refractivity contribution >= 4 is 0 Å². The van der Waals surface area contributed by atoms with Gasteiger partial charge in [0.2, 0.25) is 0 Å². The third-order valence-electron chi connectivity index (χ3n) is 3.41. The third-order valence-corrected chi connectivity index (χ3v) is 3.41. The monoisotopic (exact) mass is 248 g/mol. The minimum Gasteiger partial charge on any atom is -0.380 e. The highest BCUT2D eigenvalue weighted by Crippen LogP contribution is 2.15. The van der Waals surface area contributed by atoms with E-state index in [2.05, 4.69) is 47.5 Å². The van der Waals surface area contributed by atoms with Crippen LogP contribution in [0, 0.1) is 0 Å². The SMILES string of the molecule is CCNC(CN1CCCOCC1)c1ccccc1. The van der Waals surface area contributed by atoms with Crippen LogP contribution in [0.3, 0.4) is 0 Å². The molecule has 1 aliphatic rings. The molecule has 1 aliphatic heterocycles. The van der Waals surface area contributed by atoms with Crippen molar-refractivity contribution in [3.63, 3.8) is 0 Å². The van der Waals surface area contributed by atoms with Crippen LogP contribution in [0.4, 0.5) is 0 Å². The Kier molecular flexibility index (Phi) is 5.65. The van der Waals surface area contributed by atoms with Gasteiger partial charge in [-0.3, -0.25) is 4.90 Å². The first-order chi connectivity index (χ1) is 8.90. The highest BCUT2D eigenvalue weighted by molar-refractivity contribution is 5.19. The minimum atomic E-state index is 0.425. The van der Waals surface area contributed by atoms with E-state index in [0.29, 0.717) is 6.04 Å². The summed E-state index contributed by atoms with van der Waals surface area (Å²) in [5.74, 6) is 0. The van der Waals surface area contributed by atoms with Crippen molar-refractivity contribution in [3.05, 3.63) is 35.9 Å². The van der Waals surface area contributed by atoms with Gasteiger partial charge in [0.1, 0.15) is 0 Å². The lowest BCUT2D eigenvalue weighted by Crippen LogP contribution is -2.36. The van der Waals surface area contributed by atoms with Crippen molar-refractivity contribution in [1.29, 1.82) is 0 Å².